The summed E-state index contributed by atoms with van der Waals surface area (Å²) < 4.78 is 5.07. The molecule has 129 heavy (non-hydrogen) atoms. The summed E-state index contributed by atoms with van der Waals surface area (Å²) in [4.78, 5) is 244. The van der Waals surface area contributed by atoms with Crippen LogP contribution in [-0.4, -0.2) is 278 Å². The normalized spacial score (nSPS) is 22.8. The molecule has 0 saturated carbocycles. The number of carbonyl (C=O) groups is 16. The summed E-state index contributed by atoms with van der Waals surface area (Å²) in [5.41, 5.74) is 9.20. The molecule has 0 radical (unpaired) electrons. The van der Waals surface area contributed by atoms with E-state index in [1.54, 1.807) is 135 Å². The Morgan fingerprint density at radius 1 is 0.504 bits per heavy atom. The first-order valence-electron chi connectivity index (χ1n) is 42.5. The maximum absolute atomic E-state index is 15.7. The number of likely N-dealkylation sites (N-methyl/N-ethyl adjacent to an activating group) is 4. The lowest BCUT2D eigenvalue weighted by Gasteiger charge is -2.37. The second-order valence-corrected chi connectivity index (χ2v) is 34.5. The van der Waals surface area contributed by atoms with E-state index in [-0.39, 0.29) is 92.6 Å². The van der Waals surface area contributed by atoms with Gasteiger partial charge < -0.3 is 98.0 Å². The van der Waals surface area contributed by atoms with Crippen LogP contribution in [0.5, 0.6) is 11.5 Å². The fraction of sp³-hybridized carbons (Fsp3) is 0.413. The monoisotopic (exact) mass is 1810 g/mol. The van der Waals surface area contributed by atoms with E-state index in [1.807, 2.05) is 6.92 Å². The molecule has 15 amide bonds. The predicted molar refractivity (Wildman–Crippen MR) is 483 cm³/mol. The number of nitrogens with one attached hydrogen (secondary N) is 10. The number of aromatic nitrogens is 1. The zero-order chi connectivity index (χ0) is 93.5. The smallest absolute Gasteiger partial charge is 0.293 e. The minimum atomic E-state index is -1.72. The highest BCUT2D eigenvalue weighted by atomic mass is 32.2. The van der Waals surface area contributed by atoms with Gasteiger partial charge in [0.25, 0.3) is 6.47 Å². The van der Waals surface area contributed by atoms with Gasteiger partial charge in [-0.05, 0) is 89.4 Å². The van der Waals surface area contributed by atoms with E-state index in [2.05, 4.69) is 52.8 Å². The van der Waals surface area contributed by atoms with Crippen molar-refractivity contribution in [2.24, 2.45) is 11.7 Å². The number of H-pyrrole nitrogens is 1. The van der Waals surface area contributed by atoms with Crippen LogP contribution in [0, 0.1) is 5.92 Å². The zero-order valence-corrected chi connectivity index (χ0v) is 74.9. The number of benzene rings is 6. The van der Waals surface area contributed by atoms with E-state index in [0.717, 1.165) is 21.6 Å². The fourth-order valence-corrected chi connectivity index (χ4v) is 17.1. The largest absolute Gasteiger partial charge is 0.508 e. The SMILES string of the molecule is CCCC[C@H]1C(=O)N2CSC[C@@H]2C(=O)N[C@@H](COC=O)C(=O)N[C@@H](C)C(=O)N(C)[C@@H](Cc2ccccc2)C(=O)N[C@@H](Cc2ccc(O)cc2)C(=O)N(C)CC(=O)N[C@@H](Cc2c[nH]c3ccccc23)C(=O)N[C@@H](Cc2ccc(O)cc2)C(=O)N[C@@H](CC(C)C)C(=O)N[C@H](C(=O)NCC(N)=O)CSCC(=O)N[C@@H](Cc2ccccc2)C(=O)N(C)[C@@H](Cc2ccccc2)C(=O)N1C. The first kappa shape index (κ1) is 99.5. The number of primary amides is 1. The third-order valence-corrected chi connectivity index (χ3v) is 24.3. The van der Waals surface area contributed by atoms with Crippen LogP contribution in [0.4, 0.5) is 0 Å². The third kappa shape index (κ3) is 29.1. The van der Waals surface area contributed by atoms with Gasteiger partial charge in [-0.25, -0.2) is 0 Å². The zero-order valence-electron chi connectivity index (χ0n) is 73.2. The lowest BCUT2D eigenvalue weighted by molar-refractivity contribution is -0.152. The molecular formula is C92H114N16O19S2. The van der Waals surface area contributed by atoms with E-state index in [0.29, 0.717) is 57.1 Å². The van der Waals surface area contributed by atoms with Crippen molar-refractivity contribution in [3.05, 3.63) is 203 Å². The molecule has 0 unspecified atom stereocenters. The number of amides is 15. The highest BCUT2D eigenvalue weighted by Crippen LogP contribution is 2.28. The van der Waals surface area contributed by atoms with Gasteiger partial charge in [0.15, 0.2) is 0 Å². The summed E-state index contributed by atoms with van der Waals surface area (Å²) in [5, 5.41) is 45.5. The molecule has 3 heterocycles. The number of aromatic amines is 1. The van der Waals surface area contributed by atoms with Crippen LogP contribution in [0.2, 0.25) is 0 Å². The number of nitrogens with zero attached hydrogens (tertiary/aromatic N) is 5. The number of thioether (sulfide) groups is 2. The molecule has 0 spiro atoms. The minimum absolute atomic E-state index is 0.0145. The van der Waals surface area contributed by atoms with Crippen molar-refractivity contribution in [3.8, 4) is 11.5 Å². The van der Waals surface area contributed by atoms with Crippen molar-refractivity contribution < 1.29 is 91.7 Å². The fourth-order valence-electron chi connectivity index (χ4n) is 15.1. The number of unbranched alkanes of at least 4 members (excludes halogenated alkanes) is 1. The number of ether oxygens (including phenoxy) is 1. The van der Waals surface area contributed by atoms with Crippen molar-refractivity contribution in [3.63, 3.8) is 0 Å². The number of carbonyl (C=O) groups excluding carboxylic acids is 16. The predicted octanol–water partition coefficient (Wildman–Crippen LogP) is 1.83. The highest BCUT2D eigenvalue weighted by molar-refractivity contribution is 8.00. The van der Waals surface area contributed by atoms with Crippen LogP contribution >= 0.6 is 23.5 Å². The standard InChI is InChI=1S/C92H114N16O19S2/c1-9-10-30-74-92(126)108-53-129-51-77(108)87(121)102-72(49-127-54-109)85(119)96-56(4)88(122)106(7)75(43-58-24-16-12-17-25-58)86(120)101-70(42-61-33-37-64(111)38-34-61)89(123)104(5)48-79(113)97-69(45-62-46-94-66-29-21-20-28-65(62)66)84(118)100-68(40-60-31-35-63(110)36-32-60)83(117)99-67(39-55(2)3)82(116)103-73(81(115)95-47-78(93)112)50-128-52-80(114)98-71(41-57-22-14-11-15-23-57)90(124)107(8)76(91(125)105(74)6)44-59-26-18-13-19-27-59/h11-29,31-38,46,54-56,67-77,94,110-111H,9-10,30,39-45,47-53H2,1-8H3,(H2,93,112)(H,95,115)(H,96,119)(H,97,113)(H,98,114)(H,99,117)(H,100,118)(H,101,120)(H,102,121)(H,103,116)/t56-,67-,68-,69-,70-,71-,72-,73-,74-,75-,76-,77+/m0/s1. The molecule has 0 aliphatic carbocycles. The molecule has 7 aromatic rings. The lowest BCUT2D eigenvalue weighted by Crippen LogP contribution is -2.61. The van der Waals surface area contributed by atoms with Gasteiger partial charge in [0, 0.05) is 95.3 Å². The second kappa shape index (κ2) is 48.6. The maximum atomic E-state index is 15.7. The molecule has 2 fully saturated rings. The van der Waals surface area contributed by atoms with Crippen LogP contribution in [0.15, 0.2) is 170 Å². The van der Waals surface area contributed by atoms with E-state index < -0.39 is 187 Å². The van der Waals surface area contributed by atoms with E-state index in [1.165, 1.54) is 110 Å². The Kier molecular flexibility index (Phi) is 37.4. The number of para-hydroxylation sites is 1. The molecule has 1 aromatic heterocycles. The average molecular weight is 1810 g/mol. The van der Waals surface area contributed by atoms with Crippen molar-refractivity contribution in [2.75, 3.05) is 71.0 Å². The molecule has 2 aliphatic heterocycles. The van der Waals surface area contributed by atoms with Gasteiger partial charge in [-0.2, -0.15) is 0 Å². The van der Waals surface area contributed by atoms with Gasteiger partial charge in [0.2, 0.25) is 88.6 Å². The first-order valence-corrected chi connectivity index (χ1v) is 44.8. The van der Waals surface area contributed by atoms with Gasteiger partial charge in [0.1, 0.15) is 90.6 Å². The molecule has 37 heteroatoms. The molecule has 9 rings (SSSR count). The van der Waals surface area contributed by atoms with Gasteiger partial charge in [-0.15, -0.1) is 23.5 Å². The molecule has 12 atom stereocenters. The number of hydrogen-bond donors (Lipinski definition) is 13. The summed E-state index contributed by atoms with van der Waals surface area (Å²) in [6, 6.07) is 26.6. The Hall–Kier alpha value is -13.3. The van der Waals surface area contributed by atoms with E-state index in [4.69, 9.17) is 10.5 Å². The third-order valence-electron chi connectivity index (χ3n) is 22.2. The van der Waals surface area contributed by atoms with Gasteiger partial charge in [0.05, 0.1) is 24.7 Å². The molecule has 14 N–H and O–H groups in total. The highest BCUT2D eigenvalue weighted by Gasteiger charge is 2.45. The molecule has 2 saturated heterocycles. The van der Waals surface area contributed by atoms with Crippen molar-refractivity contribution in [1.82, 2.24) is 77.3 Å². The summed E-state index contributed by atoms with van der Waals surface area (Å²) >= 11 is 2.04. The maximum Gasteiger partial charge on any atom is 0.293 e. The topological polar surface area (TPSA) is 489 Å². The average Bonchev–Trinajstić information content (AvgIpc) is 1.67. The number of phenolic OH excluding ortho intramolecular Hbond substituents is 2. The Morgan fingerprint density at radius 2 is 0.992 bits per heavy atom. The molecular weight excluding hydrogens is 1700 g/mol. The molecule has 2 aliphatic rings. The van der Waals surface area contributed by atoms with E-state index in [9.17, 15) is 53.4 Å². The van der Waals surface area contributed by atoms with Gasteiger partial charge in [-0.3, -0.25) is 76.7 Å². The Balaban J connectivity index is 1.11. The van der Waals surface area contributed by atoms with Gasteiger partial charge in [-0.1, -0.05) is 167 Å². The minimum Gasteiger partial charge on any atom is -0.508 e. The van der Waals surface area contributed by atoms with Crippen LogP contribution in [-0.2, 0) is 120 Å². The molecule has 6 aromatic carbocycles. The Bertz CT molecular complexity index is 5080. The Morgan fingerprint density at radius 3 is 1.57 bits per heavy atom. The summed E-state index contributed by atoms with van der Waals surface area (Å²) in [6.45, 7) is 4.48. The summed E-state index contributed by atoms with van der Waals surface area (Å²) in [6.07, 6.45) is 1.33. The van der Waals surface area contributed by atoms with Crippen LogP contribution in [0.1, 0.15) is 86.8 Å². The second-order valence-electron chi connectivity index (χ2n) is 32.5. The molecule has 688 valence electrons. The molecule has 35 nitrogen and oxygen atoms in total. The van der Waals surface area contributed by atoms with Crippen LogP contribution in [0.25, 0.3) is 10.9 Å². The van der Waals surface area contributed by atoms with Crippen LogP contribution in [0.3, 0.4) is 0 Å². The molecule has 0 bridgehead atoms. The number of phenols is 2. The lowest BCUT2D eigenvalue weighted by atomic mass is 9.99. The van der Waals surface area contributed by atoms with Crippen molar-refractivity contribution >= 4 is 130 Å². The number of hydrogen-bond acceptors (Lipinski definition) is 21. The summed E-state index contributed by atoms with van der Waals surface area (Å²) in [7, 11) is 5.36. The number of aromatic hydroxyl groups is 2. The summed E-state index contributed by atoms with van der Waals surface area (Å²) in [5.74, 6) is -14.6. The number of nitrogens with two attached hydrogens (primary N) is 1. The first-order chi connectivity index (χ1) is 61.7. The van der Waals surface area contributed by atoms with Crippen LogP contribution < -0.4 is 53.6 Å². The quantitative estimate of drug-likeness (QED) is 0.0406. The number of fused-ring (bicyclic) bond motifs is 2. The number of rotatable bonds is 23. The van der Waals surface area contributed by atoms with Crippen molar-refractivity contribution in [2.45, 2.75) is 164 Å². The van der Waals surface area contributed by atoms with Gasteiger partial charge >= 0.3 is 0 Å². The Labute approximate surface area is 756 Å². The van der Waals surface area contributed by atoms with Crippen molar-refractivity contribution in [1.29, 1.82) is 0 Å². The van der Waals surface area contributed by atoms with E-state index >= 15 is 33.6 Å².